The quantitative estimate of drug-likeness (QED) is 0.385. The second-order valence-electron chi connectivity index (χ2n) is 4.62. The van der Waals surface area contributed by atoms with E-state index in [-0.39, 0.29) is 5.69 Å². The zero-order valence-corrected chi connectivity index (χ0v) is 13.8. The van der Waals surface area contributed by atoms with Crippen molar-refractivity contribution in [2.45, 2.75) is 13.3 Å². The lowest BCUT2D eigenvalue weighted by Gasteiger charge is -2.02. The van der Waals surface area contributed by atoms with Gasteiger partial charge in [-0.2, -0.15) is 0 Å². The Balaban J connectivity index is 2.21. The third-order valence-corrected chi connectivity index (χ3v) is 4.35. The fraction of sp³-hybridized carbons (Fsp3) is 0.143. The van der Waals surface area contributed by atoms with E-state index in [4.69, 9.17) is 11.6 Å². The third-order valence-electron chi connectivity index (χ3n) is 3.35. The van der Waals surface area contributed by atoms with Gasteiger partial charge in [0.25, 0.3) is 5.69 Å². The number of nitrogens with zero attached hydrogens (tertiary/aromatic N) is 4. The van der Waals surface area contributed by atoms with E-state index in [9.17, 15) is 10.1 Å². The first-order chi connectivity index (χ1) is 10.5. The van der Waals surface area contributed by atoms with Gasteiger partial charge in [-0.1, -0.05) is 6.92 Å². The second-order valence-corrected chi connectivity index (χ2v) is 5.71. The standard InChI is InChI=1S/C14H10BrClN4O2/c1-2-8-7-17-14(16)19-12(15)11(18-13(8)19)9-3-5-10(6-4-9)20(21)22/h3-7H,2H2,1H3. The smallest absolute Gasteiger partial charge is 0.260 e. The van der Waals surface area contributed by atoms with Crippen molar-refractivity contribution in [3.63, 3.8) is 0 Å². The maximum Gasteiger partial charge on any atom is 0.269 e. The molecular weight excluding hydrogens is 372 g/mol. The van der Waals surface area contributed by atoms with Gasteiger partial charge in [0.05, 0.1) is 4.92 Å². The Morgan fingerprint density at radius 3 is 2.64 bits per heavy atom. The average molecular weight is 382 g/mol. The molecule has 2 heterocycles. The number of hydrogen-bond donors (Lipinski definition) is 0. The van der Waals surface area contributed by atoms with Crippen LogP contribution in [0.2, 0.25) is 5.28 Å². The Labute approximate surface area is 139 Å². The molecule has 112 valence electrons. The molecule has 0 aliphatic heterocycles. The fourth-order valence-corrected chi connectivity index (χ4v) is 3.17. The van der Waals surface area contributed by atoms with Crippen molar-refractivity contribution in [2.75, 3.05) is 0 Å². The Hall–Kier alpha value is -1.99. The summed E-state index contributed by atoms with van der Waals surface area (Å²) >= 11 is 9.64. The summed E-state index contributed by atoms with van der Waals surface area (Å²) in [5.74, 6) is 0. The number of non-ortho nitro benzene ring substituents is 1. The molecule has 0 atom stereocenters. The largest absolute Gasteiger partial charge is 0.269 e. The van der Waals surface area contributed by atoms with E-state index >= 15 is 0 Å². The number of aryl methyl sites for hydroxylation is 1. The number of nitro groups is 1. The van der Waals surface area contributed by atoms with Gasteiger partial charge in [-0.15, -0.1) is 0 Å². The molecule has 0 radical (unpaired) electrons. The summed E-state index contributed by atoms with van der Waals surface area (Å²) in [7, 11) is 0. The monoisotopic (exact) mass is 380 g/mol. The van der Waals surface area contributed by atoms with E-state index in [0.717, 1.165) is 23.2 Å². The molecule has 3 aromatic rings. The van der Waals surface area contributed by atoms with Crippen LogP contribution in [-0.2, 0) is 6.42 Å². The summed E-state index contributed by atoms with van der Waals surface area (Å²) in [6, 6.07) is 6.23. The number of hydrogen-bond acceptors (Lipinski definition) is 4. The highest BCUT2D eigenvalue weighted by Crippen LogP contribution is 2.32. The minimum absolute atomic E-state index is 0.0394. The highest BCUT2D eigenvalue weighted by molar-refractivity contribution is 9.10. The summed E-state index contributed by atoms with van der Waals surface area (Å²) in [6.45, 7) is 2.01. The van der Waals surface area contributed by atoms with Crippen LogP contribution in [0.3, 0.4) is 0 Å². The lowest BCUT2D eigenvalue weighted by Crippen LogP contribution is -1.95. The van der Waals surface area contributed by atoms with Gasteiger partial charge >= 0.3 is 0 Å². The number of nitro benzene ring substituents is 1. The molecule has 0 aliphatic rings. The van der Waals surface area contributed by atoms with Crippen LogP contribution in [0.4, 0.5) is 5.69 Å². The molecule has 6 nitrogen and oxygen atoms in total. The number of fused-ring (bicyclic) bond motifs is 1. The molecule has 0 bridgehead atoms. The SMILES string of the molecule is CCc1cnc(Cl)n2c(Br)c(-c3ccc([N+](=O)[O-])cc3)nc12. The van der Waals surface area contributed by atoms with Gasteiger partial charge in [0.15, 0.2) is 0 Å². The molecule has 0 aliphatic carbocycles. The van der Waals surface area contributed by atoms with E-state index in [0.29, 0.717) is 15.6 Å². The maximum atomic E-state index is 10.7. The second kappa shape index (κ2) is 5.66. The van der Waals surface area contributed by atoms with E-state index in [1.54, 1.807) is 22.7 Å². The van der Waals surface area contributed by atoms with Gasteiger partial charge in [-0.05, 0) is 46.1 Å². The normalized spacial score (nSPS) is 11.0. The van der Waals surface area contributed by atoms with Gasteiger partial charge in [-0.3, -0.25) is 14.5 Å². The zero-order valence-electron chi connectivity index (χ0n) is 11.5. The lowest BCUT2D eigenvalue weighted by molar-refractivity contribution is -0.384. The number of rotatable bonds is 3. The van der Waals surface area contributed by atoms with Crippen LogP contribution in [0.25, 0.3) is 16.9 Å². The van der Waals surface area contributed by atoms with Gasteiger partial charge < -0.3 is 0 Å². The zero-order chi connectivity index (χ0) is 15.9. The summed E-state index contributed by atoms with van der Waals surface area (Å²) in [4.78, 5) is 19.1. The van der Waals surface area contributed by atoms with Crippen LogP contribution < -0.4 is 0 Å². The predicted molar refractivity (Wildman–Crippen MR) is 87.2 cm³/mol. The molecule has 2 aromatic heterocycles. The molecule has 0 saturated carbocycles. The van der Waals surface area contributed by atoms with Crippen molar-refractivity contribution >= 4 is 38.9 Å². The maximum absolute atomic E-state index is 10.7. The highest BCUT2D eigenvalue weighted by Gasteiger charge is 2.17. The molecule has 8 heteroatoms. The van der Waals surface area contributed by atoms with Crippen molar-refractivity contribution in [2.24, 2.45) is 0 Å². The fourth-order valence-electron chi connectivity index (χ4n) is 2.21. The Kier molecular flexibility index (Phi) is 3.84. The molecule has 1 aromatic carbocycles. The van der Waals surface area contributed by atoms with Crippen molar-refractivity contribution in [1.29, 1.82) is 0 Å². The molecule has 0 unspecified atom stereocenters. The molecule has 0 fully saturated rings. The summed E-state index contributed by atoms with van der Waals surface area (Å²) in [6.07, 6.45) is 2.48. The minimum atomic E-state index is -0.432. The highest BCUT2D eigenvalue weighted by atomic mass is 79.9. The Bertz CT molecular complexity index is 877. The van der Waals surface area contributed by atoms with Crippen LogP contribution in [0, 0.1) is 10.1 Å². The first-order valence-corrected chi connectivity index (χ1v) is 7.66. The molecular formula is C14H10BrClN4O2. The third kappa shape index (κ3) is 2.36. The molecule has 3 rings (SSSR count). The summed E-state index contributed by atoms with van der Waals surface area (Å²) in [5.41, 5.74) is 3.16. The molecule has 22 heavy (non-hydrogen) atoms. The van der Waals surface area contributed by atoms with Crippen molar-refractivity contribution < 1.29 is 4.92 Å². The average Bonchev–Trinajstić information content (AvgIpc) is 2.86. The van der Waals surface area contributed by atoms with Gasteiger partial charge in [0.2, 0.25) is 5.28 Å². The molecule has 0 saturated heterocycles. The Morgan fingerprint density at radius 1 is 1.36 bits per heavy atom. The van der Waals surface area contributed by atoms with E-state index in [2.05, 4.69) is 25.9 Å². The van der Waals surface area contributed by atoms with E-state index < -0.39 is 4.92 Å². The molecule has 0 spiro atoms. The van der Waals surface area contributed by atoms with Gasteiger partial charge in [-0.25, -0.2) is 9.97 Å². The van der Waals surface area contributed by atoms with Crippen LogP contribution >= 0.6 is 27.5 Å². The van der Waals surface area contributed by atoms with Crippen LogP contribution in [0.15, 0.2) is 35.1 Å². The Morgan fingerprint density at radius 2 is 2.05 bits per heavy atom. The minimum Gasteiger partial charge on any atom is -0.260 e. The van der Waals surface area contributed by atoms with Gasteiger partial charge in [0.1, 0.15) is 15.9 Å². The van der Waals surface area contributed by atoms with Crippen LogP contribution in [-0.4, -0.2) is 19.3 Å². The summed E-state index contributed by atoms with van der Waals surface area (Å²) < 4.78 is 2.39. The number of imidazole rings is 1. The van der Waals surface area contributed by atoms with Crippen LogP contribution in [0.5, 0.6) is 0 Å². The number of benzene rings is 1. The van der Waals surface area contributed by atoms with Crippen molar-refractivity contribution in [3.8, 4) is 11.3 Å². The summed E-state index contributed by atoms with van der Waals surface area (Å²) in [5, 5.41) is 11.0. The molecule has 0 N–H and O–H groups in total. The first-order valence-electron chi connectivity index (χ1n) is 6.49. The molecule has 0 amide bonds. The van der Waals surface area contributed by atoms with Crippen molar-refractivity contribution in [1.82, 2.24) is 14.4 Å². The number of halogens is 2. The topological polar surface area (TPSA) is 73.3 Å². The van der Waals surface area contributed by atoms with Crippen molar-refractivity contribution in [3.05, 3.63) is 56.0 Å². The number of aromatic nitrogens is 3. The van der Waals surface area contributed by atoms with E-state index in [1.165, 1.54) is 12.1 Å². The van der Waals surface area contributed by atoms with Crippen LogP contribution in [0.1, 0.15) is 12.5 Å². The van der Waals surface area contributed by atoms with Gasteiger partial charge in [0, 0.05) is 29.5 Å². The predicted octanol–water partition coefficient (Wildman–Crippen LogP) is 4.28. The first kappa shape index (κ1) is 14.9. The van der Waals surface area contributed by atoms with E-state index in [1.807, 2.05) is 6.92 Å². The lowest BCUT2D eigenvalue weighted by atomic mass is 10.1.